The maximum atomic E-state index is 12.7. The smallest absolute Gasteiger partial charge is 0.253 e. The van der Waals surface area contributed by atoms with E-state index in [4.69, 9.17) is 0 Å². The Kier molecular flexibility index (Phi) is 5.97. The van der Waals surface area contributed by atoms with Crippen LogP contribution in [-0.4, -0.2) is 38.4 Å². The quantitative estimate of drug-likeness (QED) is 0.856. The monoisotopic (exact) mass is 386 g/mol. The van der Waals surface area contributed by atoms with Crippen molar-refractivity contribution in [3.8, 4) is 0 Å². The van der Waals surface area contributed by atoms with Crippen molar-refractivity contribution in [3.05, 3.63) is 65.7 Å². The van der Waals surface area contributed by atoms with E-state index in [0.29, 0.717) is 37.4 Å². The lowest BCUT2D eigenvalue weighted by atomic mass is 10.0. The number of hydrogen-bond acceptors (Lipinski definition) is 3. The van der Waals surface area contributed by atoms with Gasteiger partial charge >= 0.3 is 0 Å². The first kappa shape index (κ1) is 19.6. The fraction of sp³-hybridized carbons (Fsp3) is 0.381. The van der Waals surface area contributed by atoms with Crippen molar-refractivity contribution < 1.29 is 13.2 Å². The molecule has 27 heavy (non-hydrogen) atoms. The Morgan fingerprint density at radius 3 is 2.15 bits per heavy atom. The molecule has 0 bridgehead atoms. The standard InChI is InChI=1S/C21H26N2O3S/c1-16(2)17-8-10-18(11-9-17)21(24)23-14-12-19(13-15-23)22-27(25,26)20-6-4-3-5-7-20/h3-11,16,19,22H,12-15H2,1-2H3. The van der Waals surface area contributed by atoms with E-state index in [9.17, 15) is 13.2 Å². The van der Waals surface area contributed by atoms with E-state index >= 15 is 0 Å². The van der Waals surface area contributed by atoms with Crippen LogP contribution in [0.25, 0.3) is 0 Å². The summed E-state index contributed by atoms with van der Waals surface area (Å²) >= 11 is 0. The van der Waals surface area contributed by atoms with E-state index in [0.717, 1.165) is 0 Å². The zero-order valence-electron chi connectivity index (χ0n) is 15.8. The summed E-state index contributed by atoms with van der Waals surface area (Å²) in [5.41, 5.74) is 1.89. The van der Waals surface area contributed by atoms with Crippen molar-refractivity contribution in [1.82, 2.24) is 9.62 Å². The fourth-order valence-electron chi connectivity index (χ4n) is 3.28. The maximum absolute atomic E-state index is 12.7. The molecule has 5 nitrogen and oxygen atoms in total. The van der Waals surface area contributed by atoms with Crippen LogP contribution in [0.3, 0.4) is 0 Å². The largest absolute Gasteiger partial charge is 0.339 e. The van der Waals surface area contributed by atoms with Gasteiger partial charge in [0.1, 0.15) is 0 Å². The van der Waals surface area contributed by atoms with Crippen LogP contribution in [0, 0.1) is 0 Å². The van der Waals surface area contributed by atoms with Gasteiger partial charge in [-0.05, 0) is 48.6 Å². The molecule has 3 rings (SSSR count). The zero-order chi connectivity index (χ0) is 19.4. The minimum atomic E-state index is -3.52. The Morgan fingerprint density at radius 1 is 1.00 bits per heavy atom. The molecule has 1 amide bonds. The van der Waals surface area contributed by atoms with E-state index in [2.05, 4.69) is 18.6 Å². The Morgan fingerprint density at radius 2 is 1.59 bits per heavy atom. The van der Waals surface area contributed by atoms with Gasteiger partial charge < -0.3 is 4.90 Å². The van der Waals surface area contributed by atoms with Crippen LogP contribution in [0.2, 0.25) is 0 Å². The van der Waals surface area contributed by atoms with Crippen LogP contribution >= 0.6 is 0 Å². The summed E-state index contributed by atoms with van der Waals surface area (Å²) in [7, 11) is -3.52. The van der Waals surface area contributed by atoms with Crippen molar-refractivity contribution in [2.45, 2.75) is 43.5 Å². The highest BCUT2D eigenvalue weighted by molar-refractivity contribution is 7.89. The van der Waals surface area contributed by atoms with Gasteiger partial charge in [0.25, 0.3) is 5.91 Å². The van der Waals surface area contributed by atoms with Crippen molar-refractivity contribution in [2.24, 2.45) is 0 Å². The van der Waals surface area contributed by atoms with Crippen LogP contribution < -0.4 is 4.72 Å². The predicted molar refractivity (Wildman–Crippen MR) is 106 cm³/mol. The highest BCUT2D eigenvalue weighted by Crippen LogP contribution is 2.19. The number of rotatable bonds is 5. The molecule has 0 radical (unpaired) electrons. The summed E-state index contributed by atoms with van der Waals surface area (Å²) in [6.45, 7) is 5.34. The van der Waals surface area contributed by atoms with E-state index in [1.54, 1.807) is 35.2 Å². The molecule has 2 aromatic rings. The third kappa shape index (κ3) is 4.76. The normalized spacial score (nSPS) is 15.9. The third-order valence-electron chi connectivity index (χ3n) is 4.98. The van der Waals surface area contributed by atoms with Crippen LogP contribution in [-0.2, 0) is 10.0 Å². The van der Waals surface area contributed by atoms with Gasteiger partial charge in [-0.25, -0.2) is 13.1 Å². The Labute approximate surface area is 161 Å². The van der Waals surface area contributed by atoms with Gasteiger partial charge in [0.2, 0.25) is 10.0 Å². The second-order valence-electron chi connectivity index (χ2n) is 7.28. The van der Waals surface area contributed by atoms with E-state index in [1.807, 2.05) is 24.3 Å². The summed E-state index contributed by atoms with van der Waals surface area (Å²) in [6, 6.07) is 16.0. The van der Waals surface area contributed by atoms with E-state index in [1.165, 1.54) is 5.56 Å². The van der Waals surface area contributed by atoms with E-state index in [-0.39, 0.29) is 16.8 Å². The molecule has 144 valence electrons. The van der Waals surface area contributed by atoms with Crippen molar-refractivity contribution in [3.63, 3.8) is 0 Å². The molecule has 0 atom stereocenters. The van der Waals surface area contributed by atoms with Crippen LogP contribution in [0.5, 0.6) is 0 Å². The fourth-order valence-corrected chi connectivity index (χ4v) is 4.61. The van der Waals surface area contributed by atoms with Crippen LogP contribution in [0.1, 0.15) is 48.5 Å². The first-order chi connectivity index (χ1) is 12.9. The molecule has 0 aliphatic carbocycles. The second-order valence-corrected chi connectivity index (χ2v) is 8.99. The summed E-state index contributed by atoms with van der Waals surface area (Å²) in [5.74, 6) is 0.442. The minimum absolute atomic E-state index is 0.00896. The number of hydrogen-bond donors (Lipinski definition) is 1. The molecule has 1 saturated heterocycles. The average Bonchev–Trinajstić information content (AvgIpc) is 2.68. The molecule has 2 aromatic carbocycles. The van der Waals surface area contributed by atoms with Crippen LogP contribution in [0.15, 0.2) is 59.5 Å². The number of amides is 1. The van der Waals surface area contributed by atoms with Gasteiger partial charge in [-0.2, -0.15) is 0 Å². The highest BCUT2D eigenvalue weighted by atomic mass is 32.2. The lowest BCUT2D eigenvalue weighted by molar-refractivity contribution is 0.0711. The van der Waals surface area contributed by atoms with Gasteiger partial charge in [0, 0.05) is 24.7 Å². The van der Waals surface area contributed by atoms with E-state index < -0.39 is 10.0 Å². The Hall–Kier alpha value is -2.18. The molecule has 1 aliphatic rings. The molecule has 0 unspecified atom stereocenters. The molecule has 1 N–H and O–H groups in total. The second kappa shape index (κ2) is 8.23. The highest BCUT2D eigenvalue weighted by Gasteiger charge is 2.27. The topological polar surface area (TPSA) is 66.5 Å². The van der Waals surface area contributed by atoms with Crippen LogP contribution in [0.4, 0.5) is 0 Å². The summed E-state index contributed by atoms with van der Waals surface area (Å²) in [6.07, 6.45) is 1.23. The number of benzene rings is 2. The van der Waals surface area contributed by atoms with Gasteiger partial charge in [-0.1, -0.05) is 44.2 Å². The molecule has 1 heterocycles. The SMILES string of the molecule is CC(C)c1ccc(C(=O)N2CCC(NS(=O)(=O)c3ccccc3)CC2)cc1. The molecule has 1 aliphatic heterocycles. The number of carbonyl (C=O) groups is 1. The van der Waals surface area contributed by atoms with Gasteiger partial charge in [-0.3, -0.25) is 4.79 Å². The minimum Gasteiger partial charge on any atom is -0.339 e. The Balaban J connectivity index is 1.58. The molecular formula is C21H26N2O3S. The van der Waals surface area contributed by atoms with Crippen molar-refractivity contribution >= 4 is 15.9 Å². The molecule has 1 fully saturated rings. The first-order valence-corrected chi connectivity index (χ1v) is 10.8. The average molecular weight is 387 g/mol. The summed E-state index contributed by atoms with van der Waals surface area (Å²) < 4.78 is 27.6. The van der Waals surface area contributed by atoms with Crippen molar-refractivity contribution in [1.29, 1.82) is 0 Å². The summed E-state index contributed by atoms with van der Waals surface area (Å²) in [5, 5.41) is 0. The van der Waals surface area contributed by atoms with Gasteiger partial charge in [-0.15, -0.1) is 0 Å². The molecule has 0 saturated carbocycles. The third-order valence-corrected chi connectivity index (χ3v) is 6.52. The Bertz CT molecular complexity index is 869. The molecule has 6 heteroatoms. The number of piperidine rings is 1. The van der Waals surface area contributed by atoms with Crippen molar-refractivity contribution in [2.75, 3.05) is 13.1 Å². The number of carbonyl (C=O) groups excluding carboxylic acids is 1. The zero-order valence-corrected chi connectivity index (χ0v) is 16.6. The molecular weight excluding hydrogens is 360 g/mol. The molecule has 0 spiro atoms. The lowest BCUT2D eigenvalue weighted by Gasteiger charge is -2.32. The number of nitrogens with zero attached hydrogens (tertiary/aromatic N) is 1. The predicted octanol–water partition coefficient (Wildman–Crippen LogP) is 3.39. The lowest BCUT2D eigenvalue weighted by Crippen LogP contribution is -2.46. The number of nitrogens with one attached hydrogen (secondary N) is 1. The number of sulfonamides is 1. The van der Waals surface area contributed by atoms with Gasteiger partial charge in [0.15, 0.2) is 0 Å². The molecule has 0 aromatic heterocycles. The first-order valence-electron chi connectivity index (χ1n) is 9.33. The number of likely N-dealkylation sites (tertiary alicyclic amines) is 1. The summed E-state index contributed by atoms with van der Waals surface area (Å²) in [4.78, 5) is 14.8. The van der Waals surface area contributed by atoms with Gasteiger partial charge in [0.05, 0.1) is 4.90 Å². The maximum Gasteiger partial charge on any atom is 0.253 e.